The molecule has 208 valence electrons. The van der Waals surface area contributed by atoms with Crippen LogP contribution in [0.2, 0.25) is 0 Å². The van der Waals surface area contributed by atoms with Crippen LogP contribution in [0.15, 0.2) is 59.9 Å². The van der Waals surface area contributed by atoms with Gasteiger partial charge in [0.25, 0.3) is 0 Å². The standard InChI is InChI=1S/C32H41N3O4/c36-30(37)15-6-2-5-14-28(27-13-9-20-33-22-27)25-16-18-26(19-17-25)32-35-29(23-39-32)31(38)34-21-8-7-12-24-10-3-1-4-11-24/h9,13-14,16-20,22,24,29H,1-8,10-12,15,21,23H2,(H,34,38)(H,36,37)/b28-14+. The maximum absolute atomic E-state index is 12.6. The van der Waals surface area contributed by atoms with Crippen molar-refractivity contribution < 1.29 is 19.4 Å². The monoisotopic (exact) mass is 531 g/mol. The number of amides is 1. The van der Waals surface area contributed by atoms with Gasteiger partial charge in [-0.25, -0.2) is 4.99 Å². The van der Waals surface area contributed by atoms with E-state index in [4.69, 9.17) is 9.84 Å². The van der Waals surface area contributed by atoms with Crippen LogP contribution < -0.4 is 5.32 Å². The Bertz CT molecular complexity index is 1120. The molecule has 1 amide bonds. The Morgan fingerprint density at radius 2 is 1.82 bits per heavy atom. The number of nitrogens with zero attached hydrogens (tertiary/aromatic N) is 2. The van der Waals surface area contributed by atoms with Crippen molar-refractivity contribution in [1.29, 1.82) is 0 Å². The average Bonchev–Trinajstić information content (AvgIpc) is 3.46. The zero-order valence-corrected chi connectivity index (χ0v) is 22.8. The molecule has 1 fully saturated rings. The van der Waals surface area contributed by atoms with E-state index < -0.39 is 12.0 Å². The zero-order chi connectivity index (χ0) is 27.3. The number of ether oxygens (including phenoxy) is 1. The number of benzene rings is 1. The Balaban J connectivity index is 1.30. The summed E-state index contributed by atoms with van der Waals surface area (Å²) in [6.45, 7) is 0.962. The van der Waals surface area contributed by atoms with Gasteiger partial charge >= 0.3 is 5.97 Å². The van der Waals surface area contributed by atoms with Crippen molar-refractivity contribution in [1.82, 2.24) is 10.3 Å². The van der Waals surface area contributed by atoms with Crippen LogP contribution in [0.5, 0.6) is 0 Å². The van der Waals surface area contributed by atoms with Gasteiger partial charge < -0.3 is 15.2 Å². The van der Waals surface area contributed by atoms with Gasteiger partial charge in [0.1, 0.15) is 6.61 Å². The van der Waals surface area contributed by atoms with Gasteiger partial charge in [-0.2, -0.15) is 0 Å². The topological polar surface area (TPSA) is 101 Å². The quantitative estimate of drug-likeness (QED) is 0.284. The van der Waals surface area contributed by atoms with Crippen molar-refractivity contribution >= 4 is 23.3 Å². The molecule has 1 aromatic heterocycles. The molecule has 2 aliphatic rings. The summed E-state index contributed by atoms with van der Waals surface area (Å²) in [5.74, 6) is 0.559. The minimum Gasteiger partial charge on any atom is -0.481 e. The van der Waals surface area contributed by atoms with Gasteiger partial charge in [0.05, 0.1) is 0 Å². The summed E-state index contributed by atoms with van der Waals surface area (Å²) in [4.78, 5) is 32.2. The average molecular weight is 532 g/mol. The number of carboxylic acids is 1. The molecule has 1 aliphatic heterocycles. The molecule has 39 heavy (non-hydrogen) atoms. The predicted octanol–water partition coefficient (Wildman–Crippen LogP) is 6.17. The number of unbranched alkanes of at least 4 members (excludes halogenated alkanes) is 3. The smallest absolute Gasteiger partial charge is 0.303 e. The number of aliphatic carboxylic acids is 1. The number of carbonyl (C=O) groups excluding carboxylic acids is 1. The molecule has 0 bridgehead atoms. The number of carboxylic acid groups (broad SMARTS) is 1. The van der Waals surface area contributed by atoms with Crippen LogP contribution in [0.3, 0.4) is 0 Å². The molecule has 4 rings (SSSR count). The molecule has 7 heteroatoms. The van der Waals surface area contributed by atoms with Gasteiger partial charge in [-0.15, -0.1) is 0 Å². The van der Waals surface area contributed by atoms with E-state index in [1.807, 2.05) is 42.6 Å². The Morgan fingerprint density at radius 3 is 2.56 bits per heavy atom. The Hall–Kier alpha value is -3.48. The van der Waals surface area contributed by atoms with E-state index in [-0.39, 0.29) is 18.9 Å². The van der Waals surface area contributed by atoms with Gasteiger partial charge in [-0.05, 0) is 60.9 Å². The number of allylic oxidation sites excluding steroid dienone is 1. The molecule has 7 nitrogen and oxygen atoms in total. The third-order valence-corrected chi connectivity index (χ3v) is 7.63. The Labute approximate surface area is 231 Å². The lowest BCUT2D eigenvalue weighted by molar-refractivity contribution is -0.137. The summed E-state index contributed by atoms with van der Waals surface area (Å²) in [5.41, 5.74) is 3.94. The number of hydrogen-bond donors (Lipinski definition) is 2. The van der Waals surface area contributed by atoms with Crippen molar-refractivity contribution in [2.45, 2.75) is 83.1 Å². The fourth-order valence-corrected chi connectivity index (χ4v) is 5.41. The van der Waals surface area contributed by atoms with E-state index in [1.165, 1.54) is 44.9 Å². The molecule has 0 saturated heterocycles. The summed E-state index contributed by atoms with van der Waals surface area (Å²) in [6.07, 6.45) is 18.5. The summed E-state index contributed by atoms with van der Waals surface area (Å²) < 4.78 is 5.79. The lowest BCUT2D eigenvalue weighted by Crippen LogP contribution is -2.34. The molecule has 1 aliphatic carbocycles. The van der Waals surface area contributed by atoms with Gasteiger partial charge in [-0.3, -0.25) is 14.6 Å². The van der Waals surface area contributed by atoms with Crippen LogP contribution in [-0.4, -0.2) is 47.1 Å². The highest BCUT2D eigenvalue weighted by atomic mass is 16.5. The number of hydrogen-bond acceptors (Lipinski definition) is 5. The summed E-state index contributed by atoms with van der Waals surface area (Å²) in [5, 5.41) is 11.9. The normalized spacial score (nSPS) is 17.9. The van der Waals surface area contributed by atoms with Crippen LogP contribution in [0.1, 0.15) is 93.7 Å². The minimum atomic E-state index is -0.760. The Morgan fingerprint density at radius 1 is 1.00 bits per heavy atom. The van der Waals surface area contributed by atoms with Gasteiger partial charge in [0.15, 0.2) is 6.04 Å². The molecule has 0 radical (unpaired) electrons. The van der Waals surface area contributed by atoms with Crippen LogP contribution in [0, 0.1) is 5.92 Å². The maximum Gasteiger partial charge on any atom is 0.303 e. The van der Waals surface area contributed by atoms with Crippen LogP contribution in [0.25, 0.3) is 5.57 Å². The predicted molar refractivity (Wildman–Crippen MR) is 154 cm³/mol. The van der Waals surface area contributed by atoms with E-state index in [2.05, 4.69) is 21.4 Å². The van der Waals surface area contributed by atoms with Crippen molar-refractivity contribution in [2.24, 2.45) is 10.9 Å². The number of carbonyl (C=O) groups is 2. The van der Waals surface area contributed by atoms with Crippen molar-refractivity contribution in [3.63, 3.8) is 0 Å². The highest BCUT2D eigenvalue weighted by Crippen LogP contribution is 2.28. The fraction of sp³-hybridized carbons (Fsp3) is 0.500. The molecule has 1 atom stereocenters. The number of pyridine rings is 1. The van der Waals surface area contributed by atoms with Crippen LogP contribution >= 0.6 is 0 Å². The minimum absolute atomic E-state index is 0.0658. The lowest BCUT2D eigenvalue weighted by atomic mass is 9.86. The molecule has 1 aromatic carbocycles. The first kappa shape index (κ1) is 28.5. The molecule has 1 saturated carbocycles. The number of aromatic nitrogens is 1. The summed E-state index contributed by atoms with van der Waals surface area (Å²) in [7, 11) is 0. The highest BCUT2D eigenvalue weighted by molar-refractivity contribution is 5.98. The first-order valence-electron chi connectivity index (χ1n) is 14.5. The van der Waals surface area contributed by atoms with Gasteiger partial charge in [0, 0.05) is 36.5 Å². The van der Waals surface area contributed by atoms with Gasteiger partial charge in [-0.1, -0.05) is 69.2 Å². The van der Waals surface area contributed by atoms with Crippen molar-refractivity contribution in [3.8, 4) is 0 Å². The lowest BCUT2D eigenvalue weighted by Gasteiger charge is -2.21. The number of rotatable bonds is 14. The van der Waals surface area contributed by atoms with Crippen LogP contribution in [0.4, 0.5) is 0 Å². The second kappa shape index (κ2) is 15.2. The fourth-order valence-electron chi connectivity index (χ4n) is 5.41. The second-order valence-corrected chi connectivity index (χ2v) is 10.6. The van der Waals surface area contributed by atoms with E-state index >= 15 is 0 Å². The molecule has 2 N–H and O–H groups in total. The molecule has 1 unspecified atom stereocenters. The Kier molecular flexibility index (Phi) is 11.1. The highest BCUT2D eigenvalue weighted by Gasteiger charge is 2.26. The van der Waals surface area contributed by atoms with Gasteiger partial charge in [0.2, 0.25) is 11.8 Å². The van der Waals surface area contributed by atoms with Crippen LogP contribution in [-0.2, 0) is 14.3 Å². The first-order valence-corrected chi connectivity index (χ1v) is 14.5. The molecule has 0 spiro atoms. The number of nitrogens with one attached hydrogen (secondary N) is 1. The SMILES string of the molecule is O=C(O)CCCC/C=C(\c1ccc(C2=NC(C(=O)NCCCCC3CCCCC3)CO2)cc1)c1cccnc1. The largest absolute Gasteiger partial charge is 0.481 e. The van der Waals surface area contributed by atoms with E-state index in [1.54, 1.807) is 6.20 Å². The first-order chi connectivity index (χ1) is 19.1. The maximum atomic E-state index is 12.6. The molecule has 2 heterocycles. The van der Waals surface area contributed by atoms with Crippen molar-refractivity contribution in [3.05, 3.63) is 71.6 Å². The van der Waals surface area contributed by atoms with E-state index in [0.717, 1.165) is 47.4 Å². The van der Waals surface area contributed by atoms with E-state index in [9.17, 15) is 9.59 Å². The van der Waals surface area contributed by atoms with Crippen molar-refractivity contribution in [2.75, 3.05) is 13.2 Å². The summed E-state index contributed by atoms with van der Waals surface area (Å²) in [6, 6.07) is 11.4. The zero-order valence-electron chi connectivity index (χ0n) is 22.8. The second-order valence-electron chi connectivity index (χ2n) is 10.6. The molecular formula is C32H41N3O4. The molecule has 2 aromatic rings. The van der Waals surface area contributed by atoms with E-state index in [0.29, 0.717) is 18.9 Å². The third kappa shape index (κ3) is 9.05. The molecular weight excluding hydrogens is 490 g/mol. The third-order valence-electron chi connectivity index (χ3n) is 7.63. The summed E-state index contributed by atoms with van der Waals surface area (Å²) >= 11 is 0. The number of aliphatic imine (C=N–C) groups is 1.